The van der Waals surface area contributed by atoms with Crippen molar-refractivity contribution in [2.75, 3.05) is 32.8 Å². The van der Waals surface area contributed by atoms with Crippen LogP contribution in [0.15, 0.2) is 72.8 Å². The molecule has 8 nitrogen and oxygen atoms in total. The number of amides is 3. The van der Waals surface area contributed by atoms with Gasteiger partial charge in [-0.05, 0) is 54.1 Å². The molecule has 0 saturated carbocycles. The van der Waals surface area contributed by atoms with E-state index in [0.29, 0.717) is 50.8 Å². The second kappa shape index (κ2) is 15.1. The maximum absolute atomic E-state index is 13.8. The number of carbonyl (C=O) groups excluding carboxylic acids is 3. The first-order valence-corrected chi connectivity index (χ1v) is 14.2. The monoisotopic (exact) mass is 545 g/mol. The van der Waals surface area contributed by atoms with E-state index in [2.05, 4.69) is 17.4 Å². The maximum atomic E-state index is 13.8. The molecule has 0 unspecified atom stereocenters. The van der Waals surface area contributed by atoms with Crippen LogP contribution in [0.5, 0.6) is 0 Å². The molecule has 0 aliphatic carbocycles. The molecule has 40 heavy (non-hydrogen) atoms. The number of morpholine rings is 1. The summed E-state index contributed by atoms with van der Waals surface area (Å²) in [4.78, 5) is 47.0. The summed E-state index contributed by atoms with van der Waals surface area (Å²) in [5.41, 5.74) is 2.21. The summed E-state index contributed by atoms with van der Waals surface area (Å²) < 4.78 is 5.36. The van der Waals surface area contributed by atoms with Crippen LogP contribution in [0, 0.1) is 0 Å². The van der Waals surface area contributed by atoms with E-state index in [0.717, 1.165) is 35.6 Å². The zero-order chi connectivity index (χ0) is 28.2. The van der Waals surface area contributed by atoms with E-state index in [1.807, 2.05) is 67.6 Å². The van der Waals surface area contributed by atoms with Crippen LogP contribution >= 0.6 is 0 Å². The number of rotatable bonds is 11. The highest BCUT2D eigenvalue weighted by Gasteiger charge is 2.35. The van der Waals surface area contributed by atoms with E-state index in [1.165, 1.54) is 10.5 Å². The van der Waals surface area contributed by atoms with Crippen LogP contribution in [0.25, 0.3) is 10.8 Å². The first kappa shape index (κ1) is 29.2. The van der Waals surface area contributed by atoms with Crippen LogP contribution in [0.2, 0.25) is 0 Å². The van der Waals surface area contributed by atoms with E-state index in [1.54, 1.807) is 0 Å². The van der Waals surface area contributed by atoms with Gasteiger partial charge in [-0.3, -0.25) is 4.79 Å². The fourth-order valence-corrected chi connectivity index (χ4v) is 4.86. The third-order valence-electron chi connectivity index (χ3n) is 7.04. The zero-order valence-corrected chi connectivity index (χ0v) is 23.2. The minimum Gasteiger partial charge on any atom is -0.378 e. The number of hydrogen-bond acceptors (Lipinski definition) is 6. The molecule has 3 aromatic carbocycles. The molecular formula is C32H39N3O5. The molecule has 0 radical (unpaired) electrons. The van der Waals surface area contributed by atoms with Crippen molar-refractivity contribution in [3.8, 4) is 0 Å². The average Bonchev–Trinajstić information content (AvgIpc) is 2.99. The number of likely N-dealkylation sites (N-methyl/N-ethyl adjacent to an activating group) is 1. The second-order valence-electron chi connectivity index (χ2n) is 10.0. The summed E-state index contributed by atoms with van der Waals surface area (Å²) in [6.45, 7) is 3.81. The highest BCUT2D eigenvalue weighted by molar-refractivity contribution is 5.97. The Kier molecular flexibility index (Phi) is 11.1. The molecule has 1 aliphatic heterocycles. The van der Waals surface area contributed by atoms with Gasteiger partial charge in [0, 0.05) is 19.5 Å². The van der Waals surface area contributed by atoms with Crippen LogP contribution in [0.1, 0.15) is 43.7 Å². The minimum absolute atomic E-state index is 0.130. The molecule has 3 aromatic rings. The number of carbonyl (C=O) groups is 3. The molecule has 0 spiro atoms. The number of nitrogens with one attached hydrogen (secondary N) is 1. The highest BCUT2D eigenvalue weighted by atomic mass is 16.7. The Morgan fingerprint density at radius 1 is 0.900 bits per heavy atom. The number of hydroxylamine groups is 2. The first-order valence-electron chi connectivity index (χ1n) is 14.2. The summed E-state index contributed by atoms with van der Waals surface area (Å²) in [6, 6.07) is 22.9. The van der Waals surface area contributed by atoms with Gasteiger partial charge in [0.15, 0.2) is 0 Å². The Labute approximate surface area is 236 Å². The normalized spacial score (nSPS) is 14.1. The van der Waals surface area contributed by atoms with Gasteiger partial charge in [-0.2, -0.15) is 0 Å². The van der Waals surface area contributed by atoms with Crippen molar-refractivity contribution < 1.29 is 24.0 Å². The van der Waals surface area contributed by atoms with Crippen LogP contribution < -0.4 is 5.32 Å². The van der Waals surface area contributed by atoms with Gasteiger partial charge in [-0.1, -0.05) is 91.2 Å². The van der Waals surface area contributed by atoms with Gasteiger partial charge in [0.1, 0.15) is 0 Å². The molecule has 1 fully saturated rings. The number of aryl methyl sites for hydroxylation is 1. The quantitative estimate of drug-likeness (QED) is 0.272. The number of benzene rings is 3. The van der Waals surface area contributed by atoms with E-state index >= 15 is 0 Å². The lowest BCUT2D eigenvalue weighted by Crippen LogP contribution is -2.55. The van der Waals surface area contributed by atoms with Gasteiger partial charge in [-0.25, -0.2) is 9.59 Å². The van der Waals surface area contributed by atoms with Crippen molar-refractivity contribution in [1.29, 1.82) is 0 Å². The summed E-state index contributed by atoms with van der Waals surface area (Å²) in [5, 5.41) is 6.04. The van der Waals surface area contributed by atoms with Crippen molar-refractivity contribution in [3.63, 3.8) is 0 Å². The Hall–Kier alpha value is -3.75. The number of fused-ring (bicyclic) bond motifs is 1. The smallest absolute Gasteiger partial charge is 0.361 e. The standard InChI is InChI=1S/C32H39N3O5/c1-2-33-29(24-26-17-18-27-14-9-10-15-28(27)23-26)31(37)35(32(38)34-19-21-39-22-20-34)40-30(36)16-8-4-7-13-25-11-5-3-6-12-25/h3,5-6,9-12,14-15,17-18,23,29,33H,2,4,7-8,13,16,19-22,24H2,1H3/t29-/m0/s1. The lowest BCUT2D eigenvalue weighted by atomic mass is 10.0. The van der Waals surface area contributed by atoms with Crippen molar-refractivity contribution >= 4 is 28.7 Å². The summed E-state index contributed by atoms with van der Waals surface area (Å²) in [7, 11) is 0. The lowest BCUT2D eigenvalue weighted by Gasteiger charge is -2.32. The topological polar surface area (TPSA) is 88.2 Å². The van der Waals surface area contributed by atoms with Crippen molar-refractivity contribution in [1.82, 2.24) is 15.3 Å². The molecule has 3 amide bonds. The van der Waals surface area contributed by atoms with Crippen LogP contribution in [-0.4, -0.2) is 66.8 Å². The molecule has 0 bridgehead atoms. The van der Waals surface area contributed by atoms with Gasteiger partial charge >= 0.3 is 12.0 Å². The van der Waals surface area contributed by atoms with Gasteiger partial charge < -0.3 is 19.8 Å². The molecule has 4 rings (SSSR count). The SMILES string of the molecule is CCN[C@@H](Cc1ccc2ccccc2c1)C(=O)N(OC(=O)CCCCCc1ccccc1)C(=O)N1CCOCC1. The van der Waals surface area contributed by atoms with Crippen LogP contribution in [-0.2, 0) is 32.0 Å². The second-order valence-corrected chi connectivity index (χ2v) is 10.0. The minimum atomic E-state index is -0.741. The summed E-state index contributed by atoms with van der Waals surface area (Å²) >= 11 is 0. The third-order valence-corrected chi connectivity index (χ3v) is 7.04. The summed E-state index contributed by atoms with van der Waals surface area (Å²) in [6.07, 6.45) is 3.83. The first-order chi connectivity index (χ1) is 19.5. The predicted octanol–water partition coefficient (Wildman–Crippen LogP) is 4.90. The molecule has 1 heterocycles. The van der Waals surface area contributed by atoms with Gasteiger partial charge in [-0.15, -0.1) is 0 Å². The molecule has 8 heteroatoms. The number of nitrogens with zero attached hydrogens (tertiary/aromatic N) is 2. The average molecular weight is 546 g/mol. The number of imide groups is 1. The Morgan fingerprint density at radius 3 is 2.38 bits per heavy atom. The molecule has 1 saturated heterocycles. The largest absolute Gasteiger partial charge is 0.378 e. The van der Waals surface area contributed by atoms with Crippen molar-refractivity contribution in [3.05, 3.63) is 83.9 Å². The molecule has 1 N–H and O–H groups in total. The van der Waals surface area contributed by atoms with Crippen LogP contribution in [0.3, 0.4) is 0 Å². The number of ether oxygens (including phenoxy) is 1. The zero-order valence-electron chi connectivity index (χ0n) is 23.2. The van der Waals surface area contributed by atoms with Gasteiger partial charge in [0.25, 0.3) is 5.91 Å². The summed E-state index contributed by atoms with van der Waals surface area (Å²) in [5.74, 6) is -1.17. The van der Waals surface area contributed by atoms with Gasteiger partial charge in [0.05, 0.1) is 19.3 Å². The highest BCUT2D eigenvalue weighted by Crippen LogP contribution is 2.18. The molecule has 212 valence electrons. The van der Waals surface area contributed by atoms with E-state index in [-0.39, 0.29) is 6.42 Å². The third kappa shape index (κ3) is 8.37. The van der Waals surface area contributed by atoms with Crippen molar-refractivity contribution in [2.24, 2.45) is 0 Å². The molecule has 0 aromatic heterocycles. The van der Waals surface area contributed by atoms with E-state index in [4.69, 9.17) is 9.57 Å². The molecular weight excluding hydrogens is 506 g/mol. The predicted molar refractivity (Wildman–Crippen MR) is 154 cm³/mol. The van der Waals surface area contributed by atoms with Crippen LogP contribution in [0.4, 0.5) is 4.79 Å². The Bertz CT molecular complexity index is 1260. The number of hydrogen-bond donors (Lipinski definition) is 1. The lowest BCUT2D eigenvalue weighted by molar-refractivity contribution is -0.189. The van der Waals surface area contributed by atoms with Crippen molar-refractivity contribution in [2.45, 2.75) is 51.5 Å². The molecule has 1 atom stereocenters. The number of unbranched alkanes of at least 4 members (excludes halogenated alkanes) is 2. The fourth-order valence-electron chi connectivity index (χ4n) is 4.86. The molecule has 1 aliphatic rings. The Morgan fingerprint density at radius 2 is 1.62 bits per heavy atom. The Balaban J connectivity index is 1.41. The van der Waals surface area contributed by atoms with E-state index < -0.39 is 23.9 Å². The van der Waals surface area contributed by atoms with Gasteiger partial charge in [0.2, 0.25) is 0 Å². The number of urea groups is 1. The van der Waals surface area contributed by atoms with E-state index in [9.17, 15) is 14.4 Å². The maximum Gasteiger partial charge on any atom is 0.361 e. The fraction of sp³-hybridized carbons (Fsp3) is 0.406.